The summed E-state index contributed by atoms with van der Waals surface area (Å²) in [6.07, 6.45) is 11.6. The van der Waals surface area contributed by atoms with Crippen molar-refractivity contribution in [2.75, 3.05) is 6.54 Å². The lowest BCUT2D eigenvalue weighted by Gasteiger charge is -2.20. The lowest BCUT2D eigenvalue weighted by molar-refractivity contribution is -0.126. The molecule has 0 saturated heterocycles. The first-order valence-electron chi connectivity index (χ1n) is 7.06. The first-order chi connectivity index (χ1) is 8.83. The van der Waals surface area contributed by atoms with Crippen LogP contribution in [-0.2, 0) is 11.3 Å². The largest absolute Gasteiger partial charge is 0.356 e. The Morgan fingerprint density at radius 2 is 2.33 bits per heavy atom. The van der Waals surface area contributed by atoms with Crippen LogP contribution in [0.2, 0.25) is 0 Å². The molecule has 4 nitrogen and oxygen atoms in total. The number of aromatic nitrogens is 2. The van der Waals surface area contributed by atoms with Crippen molar-refractivity contribution in [1.29, 1.82) is 0 Å². The summed E-state index contributed by atoms with van der Waals surface area (Å²) in [7, 11) is 0. The lowest BCUT2D eigenvalue weighted by atomic mass is 9.88. The van der Waals surface area contributed by atoms with Gasteiger partial charge in [0.15, 0.2) is 0 Å². The second kappa shape index (κ2) is 5.12. The molecule has 0 radical (unpaired) electrons. The fraction of sp³-hybridized carbons (Fsp3) is 0.714. The molecule has 2 saturated carbocycles. The average Bonchev–Trinajstić information content (AvgIpc) is 3.10. The van der Waals surface area contributed by atoms with Gasteiger partial charge in [0.2, 0.25) is 5.91 Å². The zero-order chi connectivity index (χ0) is 12.4. The Labute approximate surface area is 108 Å². The molecule has 1 amide bonds. The fourth-order valence-corrected chi connectivity index (χ4v) is 3.59. The minimum atomic E-state index is 0.299. The third-order valence-electron chi connectivity index (χ3n) is 4.53. The van der Waals surface area contributed by atoms with Gasteiger partial charge in [0.05, 0.1) is 6.33 Å². The van der Waals surface area contributed by atoms with E-state index >= 15 is 0 Å². The van der Waals surface area contributed by atoms with E-state index in [1.165, 1.54) is 19.3 Å². The minimum absolute atomic E-state index is 0.299. The highest BCUT2D eigenvalue weighted by molar-refractivity contribution is 5.79. The van der Waals surface area contributed by atoms with Crippen LogP contribution in [-0.4, -0.2) is 22.0 Å². The zero-order valence-corrected chi connectivity index (χ0v) is 10.7. The van der Waals surface area contributed by atoms with Crippen molar-refractivity contribution in [1.82, 2.24) is 14.9 Å². The van der Waals surface area contributed by atoms with Crippen LogP contribution in [0.15, 0.2) is 18.7 Å². The number of aryl methyl sites for hydroxylation is 1. The van der Waals surface area contributed by atoms with Gasteiger partial charge in [-0.15, -0.1) is 0 Å². The van der Waals surface area contributed by atoms with Crippen LogP contribution in [0.25, 0.3) is 0 Å². The van der Waals surface area contributed by atoms with Gasteiger partial charge in [-0.2, -0.15) is 0 Å². The van der Waals surface area contributed by atoms with E-state index in [1.807, 2.05) is 17.1 Å². The first kappa shape index (κ1) is 11.8. The molecule has 2 aliphatic carbocycles. The van der Waals surface area contributed by atoms with Gasteiger partial charge in [0.25, 0.3) is 0 Å². The lowest BCUT2D eigenvalue weighted by Crippen LogP contribution is -2.34. The third kappa shape index (κ3) is 2.42. The number of carbonyl (C=O) groups is 1. The van der Waals surface area contributed by atoms with E-state index in [4.69, 9.17) is 0 Å². The number of nitrogens with zero attached hydrogens (tertiary/aromatic N) is 2. The number of nitrogens with one attached hydrogen (secondary N) is 1. The summed E-state index contributed by atoms with van der Waals surface area (Å²) >= 11 is 0. The molecule has 0 unspecified atom stereocenters. The van der Waals surface area contributed by atoms with E-state index in [2.05, 4.69) is 10.3 Å². The van der Waals surface area contributed by atoms with E-state index in [1.54, 1.807) is 6.20 Å². The monoisotopic (exact) mass is 247 g/mol. The van der Waals surface area contributed by atoms with Crippen molar-refractivity contribution in [3.63, 3.8) is 0 Å². The van der Waals surface area contributed by atoms with Crippen LogP contribution in [0.3, 0.4) is 0 Å². The molecule has 1 N–H and O–H groups in total. The molecule has 18 heavy (non-hydrogen) atoms. The maximum atomic E-state index is 12.1. The van der Waals surface area contributed by atoms with E-state index in [0.717, 1.165) is 31.8 Å². The highest BCUT2D eigenvalue weighted by Gasteiger charge is 2.42. The van der Waals surface area contributed by atoms with Crippen LogP contribution in [0, 0.1) is 17.8 Å². The normalized spacial score (nSPS) is 29.7. The number of amides is 1. The van der Waals surface area contributed by atoms with Crippen molar-refractivity contribution < 1.29 is 4.79 Å². The van der Waals surface area contributed by atoms with Crippen LogP contribution in [0.1, 0.15) is 32.1 Å². The number of hydrogen-bond acceptors (Lipinski definition) is 2. The fourth-order valence-electron chi connectivity index (χ4n) is 3.59. The summed E-state index contributed by atoms with van der Waals surface area (Å²) in [6, 6.07) is 0. The standard InChI is InChI=1S/C14H21N3O/c18-14(13-9-11-2-3-12(13)8-11)16-4-1-6-17-7-5-15-10-17/h5,7,10-13H,1-4,6,8-9H2,(H,16,18)/t11-,12-,13-/m0/s1. The van der Waals surface area contributed by atoms with Crippen LogP contribution < -0.4 is 5.32 Å². The molecule has 0 aliphatic heterocycles. The molecule has 1 aromatic heterocycles. The van der Waals surface area contributed by atoms with Gasteiger partial charge in [-0.3, -0.25) is 4.79 Å². The second-order valence-corrected chi connectivity index (χ2v) is 5.73. The Morgan fingerprint density at radius 3 is 3.00 bits per heavy atom. The summed E-state index contributed by atoms with van der Waals surface area (Å²) < 4.78 is 2.05. The molecule has 3 rings (SSSR count). The zero-order valence-electron chi connectivity index (χ0n) is 10.7. The Balaban J connectivity index is 1.37. The van der Waals surface area contributed by atoms with Gasteiger partial charge in [-0.25, -0.2) is 4.98 Å². The van der Waals surface area contributed by atoms with E-state index in [0.29, 0.717) is 17.7 Å². The molecule has 4 heteroatoms. The first-order valence-corrected chi connectivity index (χ1v) is 7.06. The maximum Gasteiger partial charge on any atom is 0.223 e. The number of carbonyl (C=O) groups excluding carboxylic acids is 1. The number of imidazole rings is 1. The van der Waals surface area contributed by atoms with Crippen LogP contribution in [0.4, 0.5) is 0 Å². The van der Waals surface area contributed by atoms with Gasteiger partial charge < -0.3 is 9.88 Å². The Morgan fingerprint density at radius 1 is 1.39 bits per heavy atom. The molecule has 0 aromatic carbocycles. The van der Waals surface area contributed by atoms with Crippen LogP contribution in [0.5, 0.6) is 0 Å². The summed E-state index contributed by atoms with van der Waals surface area (Å²) in [5.74, 6) is 2.14. The molecule has 2 aliphatic rings. The molecular formula is C14H21N3O. The van der Waals surface area contributed by atoms with E-state index in [-0.39, 0.29) is 0 Å². The smallest absolute Gasteiger partial charge is 0.223 e. The van der Waals surface area contributed by atoms with Gasteiger partial charge in [0.1, 0.15) is 0 Å². The predicted octanol–water partition coefficient (Wildman–Crippen LogP) is 1.83. The SMILES string of the molecule is O=C(NCCCn1ccnc1)[C@H]1C[C@H]2CC[C@H]1C2. The highest BCUT2D eigenvalue weighted by Crippen LogP contribution is 2.48. The Hall–Kier alpha value is -1.32. The topological polar surface area (TPSA) is 46.9 Å². The molecule has 3 atom stereocenters. The summed E-state index contributed by atoms with van der Waals surface area (Å²) in [4.78, 5) is 16.1. The minimum Gasteiger partial charge on any atom is -0.356 e. The van der Waals surface area contributed by atoms with Crippen molar-refractivity contribution in [2.45, 2.75) is 38.6 Å². The molecule has 2 bridgehead atoms. The predicted molar refractivity (Wildman–Crippen MR) is 68.8 cm³/mol. The number of hydrogen-bond donors (Lipinski definition) is 1. The van der Waals surface area contributed by atoms with Crippen molar-refractivity contribution >= 4 is 5.91 Å². The quantitative estimate of drug-likeness (QED) is 0.807. The molecule has 1 heterocycles. The Kier molecular flexibility index (Phi) is 3.35. The average molecular weight is 247 g/mol. The summed E-state index contributed by atoms with van der Waals surface area (Å²) in [5.41, 5.74) is 0. The molecular weight excluding hydrogens is 226 g/mol. The summed E-state index contributed by atoms with van der Waals surface area (Å²) in [6.45, 7) is 1.71. The molecule has 2 fully saturated rings. The molecule has 1 aromatic rings. The van der Waals surface area contributed by atoms with Crippen molar-refractivity contribution in [3.8, 4) is 0 Å². The van der Waals surface area contributed by atoms with Crippen molar-refractivity contribution in [3.05, 3.63) is 18.7 Å². The van der Waals surface area contributed by atoms with Gasteiger partial charge in [-0.1, -0.05) is 6.42 Å². The second-order valence-electron chi connectivity index (χ2n) is 5.73. The number of rotatable bonds is 5. The third-order valence-corrected chi connectivity index (χ3v) is 4.53. The Bertz CT molecular complexity index is 401. The molecule has 98 valence electrons. The summed E-state index contributed by atoms with van der Waals surface area (Å²) in [5, 5.41) is 3.10. The van der Waals surface area contributed by atoms with Gasteiger partial charge >= 0.3 is 0 Å². The molecule has 0 spiro atoms. The highest BCUT2D eigenvalue weighted by atomic mass is 16.1. The van der Waals surface area contributed by atoms with E-state index in [9.17, 15) is 4.79 Å². The maximum absolute atomic E-state index is 12.1. The van der Waals surface area contributed by atoms with Gasteiger partial charge in [0, 0.05) is 31.4 Å². The van der Waals surface area contributed by atoms with Crippen LogP contribution >= 0.6 is 0 Å². The van der Waals surface area contributed by atoms with E-state index < -0.39 is 0 Å². The van der Waals surface area contributed by atoms with Gasteiger partial charge in [-0.05, 0) is 37.5 Å². The number of fused-ring (bicyclic) bond motifs is 2. The van der Waals surface area contributed by atoms with Crippen molar-refractivity contribution in [2.24, 2.45) is 17.8 Å².